The van der Waals surface area contributed by atoms with E-state index >= 15 is 0 Å². The minimum atomic E-state index is -0.0690. The second kappa shape index (κ2) is 9.73. The molecule has 1 aromatic carbocycles. The number of para-hydroxylation sites is 1. The highest BCUT2D eigenvalue weighted by Gasteiger charge is 2.13. The summed E-state index contributed by atoms with van der Waals surface area (Å²) in [4.78, 5) is 29.7. The maximum atomic E-state index is 13.1. The zero-order valence-electron chi connectivity index (χ0n) is 17.1. The molecular formula is C21H27N5O2S. The third kappa shape index (κ3) is 5.26. The van der Waals surface area contributed by atoms with Crippen LogP contribution >= 0.6 is 11.8 Å². The van der Waals surface area contributed by atoms with Crippen LogP contribution in [0.5, 0.6) is 0 Å². The fourth-order valence-electron chi connectivity index (χ4n) is 3.18. The summed E-state index contributed by atoms with van der Waals surface area (Å²) >= 11 is 1.31. The van der Waals surface area contributed by atoms with Crippen molar-refractivity contribution in [1.82, 2.24) is 24.6 Å². The van der Waals surface area contributed by atoms with Gasteiger partial charge in [0.1, 0.15) is 0 Å². The Bertz CT molecular complexity index is 1060. The van der Waals surface area contributed by atoms with Crippen molar-refractivity contribution in [3.63, 3.8) is 0 Å². The fraction of sp³-hybridized carbons (Fsp3) is 0.429. The van der Waals surface area contributed by atoms with E-state index in [2.05, 4.69) is 15.4 Å². The molecule has 0 bridgehead atoms. The number of carbonyl (C=O) groups excluding carboxylic acids is 1. The van der Waals surface area contributed by atoms with E-state index in [-0.39, 0.29) is 17.2 Å². The highest BCUT2D eigenvalue weighted by Crippen LogP contribution is 2.18. The zero-order valence-corrected chi connectivity index (χ0v) is 18.0. The van der Waals surface area contributed by atoms with E-state index in [0.29, 0.717) is 29.1 Å². The summed E-state index contributed by atoms with van der Waals surface area (Å²) in [7, 11) is 0. The van der Waals surface area contributed by atoms with Gasteiger partial charge in [0, 0.05) is 25.3 Å². The number of rotatable bonds is 9. The van der Waals surface area contributed by atoms with Crippen molar-refractivity contribution in [2.75, 3.05) is 12.3 Å². The van der Waals surface area contributed by atoms with E-state index in [0.717, 1.165) is 30.8 Å². The van der Waals surface area contributed by atoms with E-state index in [4.69, 9.17) is 0 Å². The Labute approximate surface area is 174 Å². The zero-order chi connectivity index (χ0) is 20.8. The first-order valence-corrected chi connectivity index (χ1v) is 10.9. The van der Waals surface area contributed by atoms with Gasteiger partial charge in [0.15, 0.2) is 5.16 Å². The van der Waals surface area contributed by atoms with Crippen LogP contribution < -0.4 is 10.9 Å². The van der Waals surface area contributed by atoms with Gasteiger partial charge in [-0.1, -0.05) is 30.8 Å². The predicted molar refractivity (Wildman–Crippen MR) is 116 cm³/mol. The van der Waals surface area contributed by atoms with Gasteiger partial charge in [-0.25, -0.2) is 4.98 Å². The van der Waals surface area contributed by atoms with Crippen LogP contribution in [0.1, 0.15) is 31.2 Å². The van der Waals surface area contributed by atoms with E-state index in [1.54, 1.807) is 10.6 Å². The molecule has 0 aliphatic carbocycles. The second-order valence-electron chi connectivity index (χ2n) is 7.01. The number of nitrogens with one attached hydrogen (secondary N) is 1. The molecule has 0 saturated carbocycles. The Balaban J connectivity index is 1.80. The normalized spacial score (nSPS) is 11.1. The lowest BCUT2D eigenvalue weighted by molar-refractivity contribution is -0.118. The number of benzene rings is 1. The molecule has 0 fully saturated rings. The molecule has 1 N–H and O–H groups in total. The Morgan fingerprint density at radius 1 is 1.21 bits per heavy atom. The molecule has 8 heteroatoms. The van der Waals surface area contributed by atoms with Crippen molar-refractivity contribution in [3.8, 4) is 0 Å². The van der Waals surface area contributed by atoms with Crippen molar-refractivity contribution in [3.05, 3.63) is 52.1 Å². The third-order valence-electron chi connectivity index (χ3n) is 4.59. The number of fused-ring (bicyclic) bond motifs is 1. The molecule has 3 aromatic rings. The summed E-state index contributed by atoms with van der Waals surface area (Å²) in [6.45, 7) is 7.91. The SMILES string of the molecule is CCCNC(=O)CSc1nc2ccccc2c(=O)n1CCCn1nc(C)cc1C. The highest BCUT2D eigenvalue weighted by molar-refractivity contribution is 7.99. The van der Waals surface area contributed by atoms with Crippen LogP contribution in [0, 0.1) is 13.8 Å². The number of aryl methyl sites for hydroxylation is 3. The first-order valence-electron chi connectivity index (χ1n) is 9.89. The maximum Gasteiger partial charge on any atom is 0.262 e. The summed E-state index contributed by atoms with van der Waals surface area (Å²) in [6.07, 6.45) is 1.64. The molecule has 0 saturated heterocycles. The Morgan fingerprint density at radius 2 is 2.00 bits per heavy atom. The molecular weight excluding hydrogens is 386 g/mol. The number of hydrogen-bond acceptors (Lipinski definition) is 5. The Morgan fingerprint density at radius 3 is 2.72 bits per heavy atom. The molecule has 3 rings (SSSR count). The molecule has 0 unspecified atom stereocenters. The van der Waals surface area contributed by atoms with Gasteiger partial charge in [-0.3, -0.25) is 18.8 Å². The van der Waals surface area contributed by atoms with Crippen LogP contribution in [0.4, 0.5) is 0 Å². The van der Waals surface area contributed by atoms with Crippen LogP contribution in [0.3, 0.4) is 0 Å². The quantitative estimate of drug-likeness (QED) is 0.431. The lowest BCUT2D eigenvalue weighted by atomic mass is 10.2. The smallest absolute Gasteiger partial charge is 0.262 e. The van der Waals surface area contributed by atoms with Gasteiger partial charge in [-0.15, -0.1) is 0 Å². The number of nitrogens with zero attached hydrogens (tertiary/aromatic N) is 4. The molecule has 0 radical (unpaired) electrons. The Kier molecular flexibility index (Phi) is 7.09. The number of aromatic nitrogens is 4. The molecule has 2 heterocycles. The molecule has 7 nitrogen and oxygen atoms in total. The van der Waals surface area contributed by atoms with Crippen LogP contribution in [0.2, 0.25) is 0 Å². The van der Waals surface area contributed by atoms with E-state index in [1.165, 1.54) is 11.8 Å². The van der Waals surface area contributed by atoms with Crippen molar-refractivity contribution >= 4 is 28.6 Å². The van der Waals surface area contributed by atoms with Crippen molar-refractivity contribution in [2.45, 2.75) is 51.9 Å². The average molecular weight is 414 g/mol. The molecule has 0 aliphatic rings. The molecule has 0 spiro atoms. The molecule has 0 atom stereocenters. The lowest BCUT2D eigenvalue weighted by Gasteiger charge is -2.13. The lowest BCUT2D eigenvalue weighted by Crippen LogP contribution is -2.27. The van der Waals surface area contributed by atoms with Crippen LogP contribution in [0.15, 0.2) is 40.3 Å². The monoisotopic (exact) mass is 413 g/mol. The summed E-state index contributed by atoms with van der Waals surface area (Å²) in [5.41, 5.74) is 2.68. The van der Waals surface area contributed by atoms with Gasteiger partial charge in [-0.2, -0.15) is 5.10 Å². The number of hydrogen-bond donors (Lipinski definition) is 1. The fourth-order valence-corrected chi connectivity index (χ4v) is 4.04. The van der Waals surface area contributed by atoms with Gasteiger partial charge >= 0.3 is 0 Å². The van der Waals surface area contributed by atoms with Crippen LogP contribution in [0.25, 0.3) is 10.9 Å². The van der Waals surface area contributed by atoms with Crippen LogP contribution in [-0.2, 0) is 17.9 Å². The van der Waals surface area contributed by atoms with Gasteiger partial charge in [0.05, 0.1) is 22.3 Å². The predicted octanol–water partition coefficient (Wildman–Crippen LogP) is 2.92. The molecule has 154 valence electrons. The van der Waals surface area contributed by atoms with Gasteiger partial charge in [-0.05, 0) is 44.9 Å². The molecule has 29 heavy (non-hydrogen) atoms. The van der Waals surface area contributed by atoms with Gasteiger partial charge < -0.3 is 5.32 Å². The third-order valence-corrected chi connectivity index (χ3v) is 5.56. The van der Waals surface area contributed by atoms with E-state index in [1.807, 2.05) is 49.7 Å². The molecule has 1 amide bonds. The first-order chi connectivity index (χ1) is 14.0. The number of amides is 1. The van der Waals surface area contributed by atoms with E-state index < -0.39 is 0 Å². The minimum Gasteiger partial charge on any atom is -0.355 e. The van der Waals surface area contributed by atoms with Crippen molar-refractivity contribution in [2.24, 2.45) is 0 Å². The summed E-state index contributed by atoms with van der Waals surface area (Å²) < 4.78 is 3.64. The number of carbonyl (C=O) groups is 1. The summed E-state index contributed by atoms with van der Waals surface area (Å²) in [5.74, 6) is 0.191. The van der Waals surface area contributed by atoms with Crippen molar-refractivity contribution in [1.29, 1.82) is 0 Å². The minimum absolute atomic E-state index is 0.0477. The maximum absolute atomic E-state index is 13.1. The highest BCUT2D eigenvalue weighted by atomic mass is 32.2. The van der Waals surface area contributed by atoms with E-state index in [9.17, 15) is 9.59 Å². The second-order valence-corrected chi connectivity index (χ2v) is 7.95. The topological polar surface area (TPSA) is 81.8 Å². The number of thioether (sulfide) groups is 1. The average Bonchev–Trinajstić information content (AvgIpc) is 3.03. The van der Waals surface area contributed by atoms with Crippen LogP contribution in [-0.4, -0.2) is 37.5 Å². The standard InChI is InChI=1S/C21H27N5O2S/c1-4-10-22-19(27)14-29-21-23-18-9-6-5-8-17(18)20(28)25(21)11-7-12-26-16(3)13-15(2)24-26/h5-6,8-9,13H,4,7,10-12,14H2,1-3H3,(H,22,27). The molecule has 2 aromatic heterocycles. The summed E-state index contributed by atoms with van der Waals surface area (Å²) in [5, 5.41) is 8.51. The Hall–Kier alpha value is -2.61. The largest absolute Gasteiger partial charge is 0.355 e. The first kappa shape index (κ1) is 21.1. The summed E-state index contributed by atoms with van der Waals surface area (Å²) in [6, 6.07) is 9.38. The molecule has 0 aliphatic heterocycles. The van der Waals surface area contributed by atoms with Gasteiger partial charge in [0.25, 0.3) is 5.56 Å². The van der Waals surface area contributed by atoms with Gasteiger partial charge in [0.2, 0.25) is 5.91 Å². The van der Waals surface area contributed by atoms with Crippen molar-refractivity contribution < 1.29 is 4.79 Å².